The minimum atomic E-state index is -4.20. The maximum atomic E-state index is 13.6. The lowest BCUT2D eigenvalue weighted by molar-refractivity contribution is -0.149. The Balaban J connectivity index is 1.62. The summed E-state index contributed by atoms with van der Waals surface area (Å²) >= 11 is 8.05. The van der Waals surface area contributed by atoms with Crippen molar-refractivity contribution in [3.63, 3.8) is 0 Å². The zero-order valence-electron chi connectivity index (χ0n) is 21.8. The molecule has 1 aliphatic rings. The molecule has 38 heavy (non-hydrogen) atoms. The van der Waals surface area contributed by atoms with Gasteiger partial charge in [0.1, 0.15) is 0 Å². The molecule has 3 aromatic rings. The number of hydrogen-bond donors (Lipinski definition) is 2. The Morgan fingerprint density at radius 3 is 2.58 bits per heavy atom. The number of fused-ring (bicyclic) bond motifs is 1. The number of piperidine rings is 1. The molecular formula is C27H32ClF3N4O2S. The van der Waals surface area contributed by atoms with Gasteiger partial charge in [-0.05, 0) is 77.1 Å². The molecule has 1 saturated heterocycles. The number of nitrogens with one attached hydrogen (secondary N) is 2. The van der Waals surface area contributed by atoms with Crippen molar-refractivity contribution in [1.82, 2.24) is 19.8 Å². The summed E-state index contributed by atoms with van der Waals surface area (Å²) in [6, 6.07) is 7.31. The molecule has 6 nitrogen and oxygen atoms in total. The summed E-state index contributed by atoms with van der Waals surface area (Å²) < 4.78 is 40.6. The first-order valence-electron chi connectivity index (χ1n) is 12.5. The van der Waals surface area contributed by atoms with Crippen LogP contribution in [0.2, 0.25) is 5.02 Å². The molecule has 206 valence electrons. The second-order valence-electron chi connectivity index (χ2n) is 9.94. The molecule has 0 saturated carbocycles. The van der Waals surface area contributed by atoms with E-state index in [0.717, 1.165) is 21.8 Å². The number of aryl methyl sites for hydroxylation is 1. The van der Waals surface area contributed by atoms with E-state index < -0.39 is 12.7 Å². The van der Waals surface area contributed by atoms with Crippen LogP contribution in [-0.4, -0.2) is 52.4 Å². The van der Waals surface area contributed by atoms with Crippen LogP contribution < -0.4 is 10.9 Å². The predicted octanol–water partition coefficient (Wildman–Crippen LogP) is 6.09. The summed E-state index contributed by atoms with van der Waals surface area (Å²) in [7, 11) is 0. The monoisotopic (exact) mass is 568 g/mol. The van der Waals surface area contributed by atoms with E-state index in [1.165, 1.54) is 16.7 Å². The molecule has 1 amide bonds. The first-order valence-corrected chi connectivity index (χ1v) is 14.1. The average molecular weight is 569 g/mol. The predicted molar refractivity (Wildman–Crippen MR) is 146 cm³/mol. The fourth-order valence-corrected chi connectivity index (χ4v) is 6.57. The smallest absolute Gasteiger partial charge is 0.348 e. The van der Waals surface area contributed by atoms with Gasteiger partial charge in [-0.2, -0.15) is 13.2 Å². The molecule has 1 fully saturated rings. The van der Waals surface area contributed by atoms with Crippen LogP contribution in [0.1, 0.15) is 53.1 Å². The summed E-state index contributed by atoms with van der Waals surface area (Å²) in [5.41, 5.74) is 2.99. The van der Waals surface area contributed by atoms with E-state index in [4.69, 9.17) is 11.6 Å². The standard InChI is InChI=1S/C27H32ClF3N4O2S/c1-15-12-22(38-4)19(25(36)33-15)13-32-26(37)23-17(3)35(21-7-5-6-20(28)24(21)23)16(2)18-8-10-34(11-9-18)14-27(29,30)31/h5-7,12,16,18H,8-11,13-14H2,1-4H3,(H,32,37)(H,33,36)/t16-/m1/s1. The normalized spacial score (nSPS) is 16.2. The minimum Gasteiger partial charge on any atom is -0.348 e. The van der Waals surface area contributed by atoms with Crippen LogP contribution in [0.3, 0.4) is 0 Å². The number of alkyl halides is 3. The van der Waals surface area contributed by atoms with Crippen molar-refractivity contribution in [2.45, 2.75) is 57.3 Å². The van der Waals surface area contributed by atoms with Crippen molar-refractivity contribution < 1.29 is 18.0 Å². The lowest BCUT2D eigenvalue weighted by Gasteiger charge is -2.36. The third-order valence-electron chi connectivity index (χ3n) is 7.45. The topological polar surface area (TPSA) is 70.1 Å². The van der Waals surface area contributed by atoms with Crippen LogP contribution in [0.25, 0.3) is 10.9 Å². The van der Waals surface area contributed by atoms with E-state index in [-0.39, 0.29) is 30.0 Å². The van der Waals surface area contributed by atoms with Gasteiger partial charge in [-0.3, -0.25) is 14.5 Å². The molecule has 1 aliphatic heterocycles. The summed E-state index contributed by atoms with van der Waals surface area (Å²) in [5, 5.41) is 3.99. The van der Waals surface area contributed by atoms with E-state index in [1.54, 1.807) is 6.07 Å². The van der Waals surface area contributed by atoms with Crippen LogP contribution in [0.15, 0.2) is 34.0 Å². The molecule has 11 heteroatoms. The zero-order valence-corrected chi connectivity index (χ0v) is 23.4. The van der Waals surface area contributed by atoms with Crippen LogP contribution in [0.4, 0.5) is 13.2 Å². The number of hydrogen-bond acceptors (Lipinski definition) is 4. The second-order valence-corrected chi connectivity index (χ2v) is 11.2. The number of carbonyl (C=O) groups is 1. The van der Waals surface area contributed by atoms with Gasteiger partial charge in [0.25, 0.3) is 11.5 Å². The summed E-state index contributed by atoms with van der Waals surface area (Å²) in [4.78, 5) is 31.2. The molecule has 3 heterocycles. The molecule has 0 unspecified atom stereocenters. The van der Waals surface area contributed by atoms with Gasteiger partial charge >= 0.3 is 6.18 Å². The fraction of sp³-hybridized carbons (Fsp3) is 0.481. The van der Waals surface area contributed by atoms with Gasteiger partial charge in [-0.1, -0.05) is 17.7 Å². The first kappa shape index (κ1) is 28.6. The number of H-pyrrole nitrogens is 1. The molecular weight excluding hydrogens is 537 g/mol. The highest BCUT2D eigenvalue weighted by molar-refractivity contribution is 7.98. The Labute approximate surface area is 228 Å². The molecule has 0 radical (unpaired) electrons. The number of nitrogens with zero attached hydrogens (tertiary/aromatic N) is 2. The van der Waals surface area contributed by atoms with Crippen molar-refractivity contribution in [2.75, 3.05) is 25.9 Å². The number of aromatic amines is 1. The van der Waals surface area contributed by atoms with Gasteiger partial charge < -0.3 is 14.9 Å². The zero-order chi connectivity index (χ0) is 27.8. The van der Waals surface area contributed by atoms with Gasteiger partial charge in [0, 0.05) is 39.8 Å². The fourth-order valence-electron chi connectivity index (χ4n) is 5.60. The number of amides is 1. The molecule has 1 atom stereocenters. The Kier molecular flexibility index (Phi) is 8.54. The van der Waals surface area contributed by atoms with E-state index >= 15 is 0 Å². The number of carbonyl (C=O) groups excluding carboxylic acids is 1. The third kappa shape index (κ3) is 5.92. The van der Waals surface area contributed by atoms with E-state index in [1.807, 2.05) is 38.3 Å². The summed E-state index contributed by atoms with van der Waals surface area (Å²) in [6.45, 7) is 5.66. The van der Waals surface area contributed by atoms with Gasteiger partial charge in [0.05, 0.1) is 22.6 Å². The number of aromatic nitrogens is 2. The number of rotatable bonds is 7. The second kappa shape index (κ2) is 11.4. The van der Waals surface area contributed by atoms with Gasteiger partial charge in [-0.15, -0.1) is 11.8 Å². The van der Waals surface area contributed by atoms with E-state index in [9.17, 15) is 22.8 Å². The highest BCUT2D eigenvalue weighted by atomic mass is 35.5. The van der Waals surface area contributed by atoms with Crippen molar-refractivity contribution >= 4 is 40.2 Å². The molecule has 0 bridgehead atoms. The Morgan fingerprint density at radius 1 is 1.26 bits per heavy atom. The van der Waals surface area contributed by atoms with E-state index in [2.05, 4.69) is 21.8 Å². The highest BCUT2D eigenvalue weighted by Crippen LogP contribution is 2.38. The van der Waals surface area contributed by atoms with Crippen LogP contribution in [0, 0.1) is 19.8 Å². The molecule has 2 N–H and O–H groups in total. The maximum Gasteiger partial charge on any atom is 0.401 e. The lowest BCUT2D eigenvalue weighted by atomic mass is 9.90. The first-order chi connectivity index (χ1) is 17.9. The number of likely N-dealkylation sites (tertiary alicyclic amines) is 1. The highest BCUT2D eigenvalue weighted by Gasteiger charge is 2.35. The van der Waals surface area contributed by atoms with Crippen molar-refractivity contribution in [3.8, 4) is 0 Å². The van der Waals surface area contributed by atoms with Crippen molar-refractivity contribution in [3.05, 3.63) is 62.2 Å². The number of benzene rings is 1. The molecule has 1 aromatic carbocycles. The molecule has 0 spiro atoms. The van der Waals surface area contributed by atoms with Crippen LogP contribution in [0.5, 0.6) is 0 Å². The number of pyridine rings is 1. The lowest BCUT2D eigenvalue weighted by Crippen LogP contribution is -2.41. The number of halogens is 4. The van der Waals surface area contributed by atoms with Crippen LogP contribution >= 0.6 is 23.4 Å². The van der Waals surface area contributed by atoms with E-state index in [0.29, 0.717) is 47.5 Å². The minimum absolute atomic E-state index is 0.0476. The summed E-state index contributed by atoms with van der Waals surface area (Å²) in [6.07, 6.45) is -1.06. The molecule has 0 aliphatic carbocycles. The Hall–Kier alpha value is -2.43. The van der Waals surface area contributed by atoms with Crippen molar-refractivity contribution in [2.24, 2.45) is 5.92 Å². The van der Waals surface area contributed by atoms with Crippen molar-refractivity contribution in [1.29, 1.82) is 0 Å². The van der Waals surface area contributed by atoms with Gasteiger partial charge in [-0.25, -0.2) is 0 Å². The molecule has 4 rings (SSSR count). The Morgan fingerprint density at radius 2 is 1.95 bits per heavy atom. The maximum absolute atomic E-state index is 13.6. The van der Waals surface area contributed by atoms with Gasteiger partial charge in [0.15, 0.2) is 0 Å². The van der Waals surface area contributed by atoms with Gasteiger partial charge in [0.2, 0.25) is 0 Å². The largest absolute Gasteiger partial charge is 0.401 e. The summed E-state index contributed by atoms with van der Waals surface area (Å²) in [5.74, 6) is -0.183. The SMILES string of the molecule is CSc1cc(C)[nH]c(=O)c1CNC(=O)c1c(C)n([C@H](C)C2CCN(CC(F)(F)F)CC2)c2cccc(Cl)c12. The molecule has 2 aromatic heterocycles. The average Bonchev–Trinajstić information content (AvgIpc) is 3.15. The third-order valence-corrected chi connectivity index (χ3v) is 8.57. The quantitative estimate of drug-likeness (QED) is 0.339. The number of thioether (sulfide) groups is 1. The van der Waals surface area contributed by atoms with Crippen LogP contribution in [-0.2, 0) is 6.54 Å². The Bertz CT molecular complexity index is 1390.